The van der Waals surface area contributed by atoms with Crippen molar-refractivity contribution in [3.8, 4) is 22.6 Å². The zero-order valence-electron chi connectivity index (χ0n) is 18.4. The molecule has 1 saturated heterocycles. The van der Waals surface area contributed by atoms with Gasteiger partial charge in [-0.25, -0.2) is 5.01 Å². The number of carbonyl (C=O) groups is 2. The molecule has 7 heteroatoms. The van der Waals surface area contributed by atoms with E-state index in [-0.39, 0.29) is 31.4 Å². The van der Waals surface area contributed by atoms with E-state index in [0.29, 0.717) is 24.7 Å². The zero-order valence-corrected chi connectivity index (χ0v) is 18.4. The van der Waals surface area contributed by atoms with E-state index in [1.165, 1.54) is 5.01 Å². The van der Waals surface area contributed by atoms with Crippen molar-refractivity contribution >= 4 is 11.8 Å². The first-order valence-electron chi connectivity index (χ1n) is 10.8. The first-order chi connectivity index (χ1) is 16.0. The van der Waals surface area contributed by atoms with Crippen LogP contribution in [-0.4, -0.2) is 35.1 Å². The van der Waals surface area contributed by atoms with E-state index in [1.807, 2.05) is 61.5 Å². The summed E-state index contributed by atoms with van der Waals surface area (Å²) in [7, 11) is 0. The molecule has 1 aliphatic rings. The maximum absolute atomic E-state index is 11.8. The largest absolute Gasteiger partial charge is 0.491 e. The van der Waals surface area contributed by atoms with Crippen LogP contribution in [-0.2, 0) is 22.7 Å². The molecule has 33 heavy (non-hydrogen) atoms. The summed E-state index contributed by atoms with van der Waals surface area (Å²) in [6.45, 7) is 2.78. The molecule has 0 unspecified atom stereocenters. The topological polar surface area (TPSA) is 88.1 Å². The fourth-order valence-electron chi connectivity index (χ4n) is 3.77. The van der Waals surface area contributed by atoms with Crippen molar-refractivity contribution in [2.24, 2.45) is 0 Å². The number of aliphatic hydroxyl groups is 1. The molecule has 2 amide bonds. The lowest BCUT2D eigenvalue weighted by Gasteiger charge is -2.18. The molecule has 3 aromatic rings. The van der Waals surface area contributed by atoms with Gasteiger partial charge in [0.1, 0.15) is 31.1 Å². The summed E-state index contributed by atoms with van der Waals surface area (Å²) in [5.74, 6) is 0.839. The third-order valence-corrected chi connectivity index (χ3v) is 5.51. The molecule has 0 atom stereocenters. The van der Waals surface area contributed by atoms with Gasteiger partial charge in [0.05, 0.1) is 13.2 Å². The maximum Gasteiger partial charge on any atom is 0.250 e. The molecule has 170 valence electrons. The van der Waals surface area contributed by atoms with Crippen LogP contribution in [0, 0.1) is 6.92 Å². The molecule has 0 aliphatic carbocycles. The number of ether oxygens (including phenoxy) is 2. The highest BCUT2D eigenvalue weighted by Gasteiger charge is 2.26. The normalized spacial score (nSPS) is 13.2. The van der Waals surface area contributed by atoms with Crippen molar-refractivity contribution in [1.82, 2.24) is 10.4 Å². The predicted molar refractivity (Wildman–Crippen MR) is 123 cm³/mol. The van der Waals surface area contributed by atoms with Crippen LogP contribution in [0.2, 0.25) is 0 Å². The predicted octanol–water partition coefficient (Wildman–Crippen LogP) is 3.38. The lowest BCUT2D eigenvalue weighted by Crippen LogP contribution is -2.35. The van der Waals surface area contributed by atoms with Gasteiger partial charge in [0.2, 0.25) is 5.91 Å². The summed E-state index contributed by atoms with van der Waals surface area (Å²) in [6.07, 6.45) is -0.108. The third-order valence-electron chi connectivity index (χ3n) is 5.51. The molecule has 4 rings (SSSR count). The molecule has 3 aromatic carbocycles. The highest BCUT2D eigenvalue weighted by molar-refractivity contribution is 6.02. The van der Waals surface area contributed by atoms with E-state index in [1.54, 1.807) is 0 Å². The standard InChI is InChI=1S/C26H26N2O5/c1-18-22(20-5-3-2-4-6-20)11-12-24(32-14-13-29)23(18)17-33-21-9-7-19(8-10-21)16-28-26(31)15-25(30)27-28/h2-12,29H,13-17H2,1H3,(H,27,30). The number of amides is 2. The van der Waals surface area contributed by atoms with Crippen molar-refractivity contribution < 1.29 is 24.2 Å². The molecule has 0 spiro atoms. The summed E-state index contributed by atoms with van der Waals surface area (Å²) in [4.78, 5) is 23.1. The lowest BCUT2D eigenvalue weighted by atomic mass is 9.96. The molecule has 0 radical (unpaired) electrons. The molecule has 7 nitrogen and oxygen atoms in total. The Morgan fingerprint density at radius 2 is 1.73 bits per heavy atom. The Morgan fingerprint density at radius 3 is 2.39 bits per heavy atom. The number of nitrogens with one attached hydrogen (secondary N) is 1. The van der Waals surface area contributed by atoms with Gasteiger partial charge < -0.3 is 14.6 Å². The Kier molecular flexibility index (Phi) is 6.90. The maximum atomic E-state index is 11.8. The second kappa shape index (κ2) is 10.2. The van der Waals surface area contributed by atoms with Gasteiger partial charge in [-0.2, -0.15) is 0 Å². The second-order valence-electron chi connectivity index (χ2n) is 7.78. The molecular formula is C26H26N2O5. The van der Waals surface area contributed by atoms with Crippen LogP contribution >= 0.6 is 0 Å². The van der Waals surface area contributed by atoms with Gasteiger partial charge in [0, 0.05) is 5.56 Å². The van der Waals surface area contributed by atoms with Gasteiger partial charge in [0.15, 0.2) is 0 Å². The van der Waals surface area contributed by atoms with E-state index >= 15 is 0 Å². The minimum Gasteiger partial charge on any atom is -0.491 e. The average molecular weight is 447 g/mol. The number of hydrazine groups is 1. The zero-order chi connectivity index (χ0) is 23.2. The van der Waals surface area contributed by atoms with E-state index in [9.17, 15) is 14.7 Å². The highest BCUT2D eigenvalue weighted by atomic mass is 16.5. The van der Waals surface area contributed by atoms with Crippen LogP contribution in [0.15, 0.2) is 66.7 Å². The van der Waals surface area contributed by atoms with Gasteiger partial charge in [-0.1, -0.05) is 48.5 Å². The SMILES string of the molecule is Cc1c(-c2ccccc2)ccc(OCCO)c1COc1ccc(CN2NC(=O)CC2=O)cc1. The van der Waals surface area contributed by atoms with Crippen LogP contribution in [0.25, 0.3) is 11.1 Å². The molecule has 1 heterocycles. The van der Waals surface area contributed by atoms with Crippen molar-refractivity contribution in [1.29, 1.82) is 0 Å². The van der Waals surface area contributed by atoms with Gasteiger partial charge in [0.25, 0.3) is 5.91 Å². The van der Waals surface area contributed by atoms with Gasteiger partial charge >= 0.3 is 0 Å². The fourth-order valence-corrected chi connectivity index (χ4v) is 3.77. The molecule has 1 aliphatic heterocycles. The molecule has 1 fully saturated rings. The Hall–Kier alpha value is -3.84. The molecule has 0 saturated carbocycles. The summed E-state index contributed by atoms with van der Waals surface area (Å²) >= 11 is 0. The van der Waals surface area contributed by atoms with Crippen LogP contribution in [0.5, 0.6) is 11.5 Å². The van der Waals surface area contributed by atoms with Gasteiger partial charge in [-0.3, -0.25) is 15.0 Å². The first-order valence-corrected chi connectivity index (χ1v) is 10.8. The van der Waals surface area contributed by atoms with Gasteiger partial charge in [-0.05, 0) is 47.4 Å². The lowest BCUT2D eigenvalue weighted by molar-refractivity contribution is -0.130. The number of rotatable bonds is 9. The number of hydrogen-bond acceptors (Lipinski definition) is 5. The number of benzene rings is 3. The van der Waals surface area contributed by atoms with Crippen LogP contribution in [0.3, 0.4) is 0 Å². The smallest absolute Gasteiger partial charge is 0.250 e. The molecule has 0 aromatic heterocycles. The quantitative estimate of drug-likeness (QED) is 0.492. The van der Waals surface area contributed by atoms with Crippen LogP contribution < -0.4 is 14.9 Å². The van der Waals surface area contributed by atoms with Crippen LogP contribution in [0.4, 0.5) is 0 Å². The Morgan fingerprint density at radius 1 is 0.970 bits per heavy atom. The second-order valence-corrected chi connectivity index (χ2v) is 7.78. The number of carbonyl (C=O) groups excluding carboxylic acids is 2. The minimum atomic E-state index is -0.285. The summed E-state index contributed by atoms with van der Waals surface area (Å²) < 4.78 is 11.8. The summed E-state index contributed by atoms with van der Waals surface area (Å²) in [5, 5.41) is 10.5. The Bertz CT molecular complexity index is 1130. The monoisotopic (exact) mass is 446 g/mol. The van der Waals surface area contributed by atoms with Gasteiger partial charge in [-0.15, -0.1) is 0 Å². The Labute approximate surface area is 192 Å². The fraction of sp³-hybridized carbons (Fsp3) is 0.231. The number of aliphatic hydroxyl groups excluding tert-OH is 1. The average Bonchev–Trinajstić information content (AvgIpc) is 3.15. The van der Waals surface area contributed by atoms with Crippen LogP contribution in [0.1, 0.15) is 23.1 Å². The highest BCUT2D eigenvalue weighted by Crippen LogP contribution is 2.32. The van der Waals surface area contributed by atoms with E-state index in [2.05, 4.69) is 17.6 Å². The first kappa shape index (κ1) is 22.4. The Balaban J connectivity index is 1.49. The molecule has 0 bridgehead atoms. The number of nitrogens with zero attached hydrogens (tertiary/aromatic N) is 1. The third kappa shape index (κ3) is 5.32. The number of hydrogen-bond donors (Lipinski definition) is 2. The van der Waals surface area contributed by atoms with Crippen molar-refractivity contribution in [3.05, 3.63) is 83.4 Å². The molecular weight excluding hydrogens is 420 g/mol. The van der Waals surface area contributed by atoms with E-state index in [0.717, 1.165) is 27.8 Å². The van der Waals surface area contributed by atoms with Crippen molar-refractivity contribution in [3.63, 3.8) is 0 Å². The van der Waals surface area contributed by atoms with Crippen molar-refractivity contribution in [2.75, 3.05) is 13.2 Å². The summed E-state index contributed by atoms with van der Waals surface area (Å²) in [6, 6.07) is 21.5. The minimum absolute atomic E-state index is 0.0682. The van der Waals surface area contributed by atoms with E-state index < -0.39 is 0 Å². The molecule has 2 N–H and O–H groups in total. The van der Waals surface area contributed by atoms with E-state index in [4.69, 9.17) is 9.47 Å². The van der Waals surface area contributed by atoms with Crippen molar-refractivity contribution in [2.45, 2.75) is 26.5 Å². The summed E-state index contributed by atoms with van der Waals surface area (Å²) in [5.41, 5.74) is 7.60.